The molecule has 2 heterocycles. The van der Waals surface area contributed by atoms with Crippen LogP contribution in [0.1, 0.15) is 29.4 Å². The van der Waals surface area contributed by atoms with Crippen molar-refractivity contribution >= 4 is 45.6 Å². The fraction of sp³-hybridized carbons (Fsp3) is 0.615. The van der Waals surface area contributed by atoms with Crippen LogP contribution in [0.4, 0.5) is 0 Å². The third kappa shape index (κ3) is 3.67. The Bertz CT molecular complexity index is 469. The zero-order chi connectivity index (χ0) is 14.0. The molecule has 0 radical (unpaired) electrons. The number of amides is 1. The monoisotopic (exact) mass is 382 g/mol. The second-order valence-electron chi connectivity index (χ2n) is 4.97. The standard InChI is InChI=1S/C13H19BrN2O2S.ClH/c1-8-3-4-16(9(5-8)7-15)13(17)11-6-10(18-2)12(14)19-11;/h6,8-9H,3-5,7,15H2,1-2H3;1H. The fourth-order valence-electron chi connectivity index (χ4n) is 2.48. The van der Waals surface area contributed by atoms with E-state index >= 15 is 0 Å². The Hall–Kier alpha value is -0.300. The molecule has 0 aliphatic carbocycles. The lowest BCUT2D eigenvalue weighted by molar-refractivity contribution is 0.0578. The molecule has 2 rings (SSSR count). The zero-order valence-electron chi connectivity index (χ0n) is 11.6. The number of hydrogen-bond acceptors (Lipinski definition) is 4. The average Bonchev–Trinajstić information content (AvgIpc) is 2.79. The summed E-state index contributed by atoms with van der Waals surface area (Å²) in [5.74, 6) is 1.42. The van der Waals surface area contributed by atoms with E-state index in [4.69, 9.17) is 10.5 Å². The highest BCUT2D eigenvalue weighted by Crippen LogP contribution is 2.35. The number of piperidine rings is 1. The summed E-state index contributed by atoms with van der Waals surface area (Å²) in [6, 6.07) is 1.95. The summed E-state index contributed by atoms with van der Waals surface area (Å²) >= 11 is 4.82. The number of carbonyl (C=O) groups excluding carboxylic acids is 1. The molecule has 1 aliphatic rings. The van der Waals surface area contributed by atoms with E-state index in [0.717, 1.165) is 23.2 Å². The van der Waals surface area contributed by atoms with Crippen LogP contribution in [0.5, 0.6) is 5.75 Å². The summed E-state index contributed by atoms with van der Waals surface area (Å²) in [7, 11) is 1.60. The summed E-state index contributed by atoms with van der Waals surface area (Å²) < 4.78 is 6.06. The number of carbonyl (C=O) groups is 1. The van der Waals surface area contributed by atoms with Gasteiger partial charge in [-0.2, -0.15) is 0 Å². The molecule has 1 fully saturated rings. The Morgan fingerprint density at radius 3 is 2.90 bits per heavy atom. The van der Waals surface area contributed by atoms with Crippen LogP contribution in [0.25, 0.3) is 0 Å². The van der Waals surface area contributed by atoms with Gasteiger partial charge < -0.3 is 15.4 Å². The van der Waals surface area contributed by atoms with Crippen LogP contribution in [0.2, 0.25) is 0 Å². The highest BCUT2D eigenvalue weighted by Gasteiger charge is 2.30. The number of halogens is 2. The first kappa shape index (κ1) is 17.8. The van der Waals surface area contributed by atoms with Crippen molar-refractivity contribution in [2.75, 3.05) is 20.2 Å². The van der Waals surface area contributed by atoms with E-state index < -0.39 is 0 Å². The molecule has 0 aromatic carbocycles. The first-order valence-electron chi connectivity index (χ1n) is 6.41. The van der Waals surface area contributed by atoms with Gasteiger partial charge in [-0.1, -0.05) is 6.92 Å². The van der Waals surface area contributed by atoms with Crippen molar-refractivity contribution in [1.29, 1.82) is 0 Å². The van der Waals surface area contributed by atoms with Crippen LogP contribution in [0.3, 0.4) is 0 Å². The second-order valence-corrected chi connectivity index (χ2v) is 7.34. The van der Waals surface area contributed by atoms with Crippen molar-refractivity contribution in [2.45, 2.75) is 25.8 Å². The van der Waals surface area contributed by atoms with Gasteiger partial charge in [0.1, 0.15) is 9.54 Å². The minimum atomic E-state index is 0. The first-order valence-corrected chi connectivity index (χ1v) is 8.02. The van der Waals surface area contributed by atoms with E-state index in [-0.39, 0.29) is 24.4 Å². The van der Waals surface area contributed by atoms with E-state index in [1.165, 1.54) is 11.3 Å². The SMILES string of the molecule is COc1cc(C(=O)N2CCC(C)CC2CN)sc1Br.Cl. The van der Waals surface area contributed by atoms with E-state index in [1.54, 1.807) is 13.2 Å². The molecule has 7 heteroatoms. The lowest BCUT2D eigenvalue weighted by Gasteiger charge is -2.37. The molecule has 1 aliphatic heterocycles. The number of nitrogens with zero attached hydrogens (tertiary/aromatic N) is 1. The van der Waals surface area contributed by atoms with Crippen LogP contribution in [-0.4, -0.2) is 37.0 Å². The molecule has 2 N–H and O–H groups in total. The van der Waals surface area contributed by atoms with Gasteiger partial charge in [0.2, 0.25) is 0 Å². The molecule has 2 unspecified atom stereocenters. The van der Waals surface area contributed by atoms with Gasteiger partial charge in [0.05, 0.1) is 12.0 Å². The first-order chi connectivity index (χ1) is 9.06. The molecule has 20 heavy (non-hydrogen) atoms. The number of rotatable bonds is 3. The highest BCUT2D eigenvalue weighted by molar-refractivity contribution is 9.11. The largest absolute Gasteiger partial charge is 0.495 e. The maximum Gasteiger partial charge on any atom is 0.264 e. The van der Waals surface area contributed by atoms with Crippen LogP contribution < -0.4 is 10.5 Å². The van der Waals surface area contributed by atoms with Crippen molar-refractivity contribution in [1.82, 2.24) is 4.90 Å². The maximum atomic E-state index is 12.6. The molecular weight excluding hydrogens is 364 g/mol. The smallest absolute Gasteiger partial charge is 0.264 e. The van der Waals surface area contributed by atoms with Crippen LogP contribution in [-0.2, 0) is 0 Å². The van der Waals surface area contributed by atoms with Crippen LogP contribution >= 0.6 is 39.7 Å². The third-order valence-electron chi connectivity index (χ3n) is 3.60. The molecule has 0 spiro atoms. The van der Waals surface area contributed by atoms with Crippen molar-refractivity contribution < 1.29 is 9.53 Å². The normalized spacial score (nSPS) is 22.3. The van der Waals surface area contributed by atoms with Gasteiger partial charge in [-0.25, -0.2) is 0 Å². The highest BCUT2D eigenvalue weighted by atomic mass is 79.9. The van der Waals surface area contributed by atoms with Gasteiger partial charge in [0, 0.05) is 25.2 Å². The van der Waals surface area contributed by atoms with Gasteiger partial charge in [-0.05, 0) is 34.7 Å². The zero-order valence-corrected chi connectivity index (χ0v) is 14.8. The van der Waals surface area contributed by atoms with Crippen molar-refractivity contribution in [3.63, 3.8) is 0 Å². The predicted molar refractivity (Wildman–Crippen MR) is 88.1 cm³/mol. The molecule has 1 amide bonds. The van der Waals surface area contributed by atoms with Gasteiger partial charge >= 0.3 is 0 Å². The minimum absolute atomic E-state index is 0. The van der Waals surface area contributed by atoms with Crippen molar-refractivity contribution in [2.24, 2.45) is 11.7 Å². The molecule has 1 saturated heterocycles. The molecule has 2 atom stereocenters. The summed E-state index contributed by atoms with van der Waals surface area (Å²) in [5, 5.41) is 0. The third-order valence-corrected chi connectivity index (χ3v) is 5.37. The number of methoxy groups -OCH3 is 1. The lowest BCUT2D eigenvalue weighted by Crippen LogP contribution is -2.49. The number of thiophene rings is 1. The number of ether oxygens (including phenoxy) is 1. The summed E-state index contributed by atoms with van der Waals surface area (Å²) in [6.45, 7) is 3.54. The molecule has 1 aromatic heterocycles. The number of hydrogen-bond donors (Lipinski definition) is 1. The summed E-state index contributed by atoms with van der Waals surface area (Å²) in [4.78, 5) is 15.2. The van der Waals surface area contributed by atoms with Gasteiger partial charge in [0.15, 0.2) is 0 Å². The van der Waals surface area contributed by atoms with Gasteiger partial charge in [-0.3, -0.25) is 4.79 Å². The molecule has 0 saturated carbocycles. The van der Waals surface area contributed by atoms with Gasteiger partial charge in [-0.15, -0.1) is 23.7 Å². The number of nitrogens with two attached hydrogens (primary N) is 1. The molecule has 0 bridgehead atoms. The Labute approximate surface area is 138 Å². The van der Waals surface area contributed by atoms with E-state index in [2.05, 4.69) is 22.9 Å². The topological polar surface area (TPSA) is 55.6 Å². The quantitative estimate of drug-likeness (QED) is 0.872. The van der Waals surface area contributed by atoms with Gasteiger partial charge in [0.25, 0.3) is 5.91 Å². The fourth-order valence-corrected chi connectivity index (χ4v) is 4.09. The Morgan fingerprint density at radius 2 is 2.35 bits per heavy atom. The van der Waals surface area contributed by atoms with Crippen molar-refractivity contribution in [3.05, 3.63) is 14.7 Å². The van der Waals surface area contributed by atoms with Crippen molar-refractivity contribution in [3.8, 4) is 5.75 Å². The van der Waals surface area contributed by atoms with E-state index in [9.17, 15) is 4.79 Å². The second kappa shape index (κ2) is 7.64. The molecule has 114 valence electrons. The lowest BCUT2D eigenvalue weighted by atomic mass is 9.92. The average molecular weight is 384 g/mol. The molecule has 4 nitrogen and oxygen atoms in total. The van der Waals surface area contributed by atoms with Crippen LogP contribution in [0, 0.1) is 5.92 Å². The Kier molecular flexibility index (Phi) is 6.78. The summed E-state index contributed by atoms with van der Waals surface area (Å²) in [6.07, 6.45) is 2.04. The minimum Gasteiger partial charge on any atom is -0.495 e. The molecular formula is C13H20BrClN2O2S. The summed E-state index contributed by atoms with van der Waals surface area (Å²) in [5.41, 5.74) is 5.81. The predicted octanol–water partition coefficient (Wildman–Crippen LogP) is 3.14. The van der Waals surface area contributed by atoms with E-state index in [1.807, 2.05) is 4.90 Å². The van der Waals surface area contributed by atoms with Crippen LogP contribution in [0.15, 0.2) is 9.85 Å². The number of likely N-dealkylation sites (tertiary alicyclic amines) is 1. The Balaban J connectivity index is 0.00000200. The Morgan fingerprint density at radius 1 is 1.65 bits per heavy atom. The van der Waals surface area contributed by atoms with E-state index in [0.29, 0.717) is 23.1 Å². The maximum absolute atomic E-state index is 12.6. The molecule has 1 aromatic rings.